The van der Waals surface area contributed by atoms with Crippen molar-refractivity contribution < 1.29 is 17.9 Å². The molecule has 1 rings (SSSR count). The summed E-state index contributed by atoms with van der Waals surface area (Å²) in [6.07, 6.45) is 1.05. The summed E-state index contributed by atoms with van der Waals surface area (Å²) in [5.74, 6) is -0.179. The molecule has 0 aromatic heterocycles. The second-order valence-electron chi connectivity index (χ2n) is 4.81. The Bertz CT molecular complexity index is 376. The van der Waals surface area contributed by atoms with Gasteiger partial charge in [0.1, 0.15) is 5.75 Å². The molecule has 2 nitrogen and oxygen atoms in total. The molecule has 0 saturated heterocycles. The lowest BCUT2D eigenvalue weighted by atomic mass is 10.00. The molecule has 114 valence electrons. The first-order valence-corrected chi connectivity index (χ1v) is 6.99. The van der Waals surface area contributed by atoms with Crippen LogP contribution in [-0.4, -0.2) is 13.4 Å². The third-order valence-electron chi connectivity index (χ3n) is 3.21. The molecule has 0 bridgehead atoms. The van der Waals surface area contributed by atoms with Crippen LogP contribution in [0, 0.1) is 0 Å². The van der Waals surface area contributed by atoms with Crippen LogP contribution in [0.5, 0.6) is 5.75 Å². The van der Waals surface area contributed by atoms with Gasteiger partial charge in [-0.15, -0.1) is 13.2 Å². The van der Waals surface area contributed by atoms with Gasteiger partial charge in [0.2, 0.25) is 0 Å². The van der Waals surface area contributed by atoms with Crippen LogP contribution in [-0.2, 0) is 0 Å². The van der Waals surface area contributed by atoms with E-state index >= 15 is 0 Å². The van der Waals surface area contributed by atoms with Crippen LogP contribution in [0.1, 0.15) is 50.6 Å². The van der Waals surface area contributed by atoms with E-state index in [0.717, 1.165) is 18.4 Å². The van der Waals surface area contributed by atoms with Gasteiger partial charge in [0, 0.05) is 6.04 Å². The standard InChI is InChI=1S/C15H22F3NO/c1-3-4-5-6-7-14(19-2)12-8-10-13(11-9-12)20-15(16,17)18/h8-11,14,19H,3-7H2,1-2H3. The number of halogens is 3. The minimum Gasteiger partial charge on any atom is -0.406 e. The zero-order valence-electron chi connectivity index (χ0n) is 12.0. The Morgan fingerprint density at radius 1 is 1.10 bits per heavy atom. The Morgan fingerprint density at radius 3 is 2.25 bits per heavy atom. The fourth-order valence-corrected chi connectivity index (χ4v) is 2.15. The van der Waals surface area contributed by atoms with Crippen LogP contribution in [0.3, 0.4) is 0 Å². The lowest BCUT2D eigenvalue weighted by molar-refractivity contribution is -0.274. The van der Waals surface area contributed by atoms with Gasteiger partial charge < -0.3 is 10.1 Å². The predicted octanol–water partition coefficient (Wildman–Crippen LogP) is 4.82. The third-order valence-corrected chi connectivity index (χ3v) is 3.21. The van der Waals surface area contributed by atoms with E-state index in [1.807, 2.05) is 7.05 Å². The maximum Gasteiger partial charge on any atom is 0.573 e. The van der Waals surface area contributed by atoms with Crippen LogP contribution in [0.25, 0.3) is 0 Å². The highest BCUT2D eigenvalue weighted by atomic mass is 19.4. The molecular formula is C15H22F3NO. The van der Waals surface area contributed by atoms with Gasteiger partial charge in [-0.05, 0) is 31.2 Å². The lowest BCUT2D eigenvalue weighted by Crippen LogP contribution is -2.18. The fraction of sp³-hybridized carbons (Fsp3) is 0.600. The van der Waals surface area contributed by atoms with Gasteiger partial charge in [-0.2, -0.15) is 0 Å². The third kappa shape index (κ3) is 6.28. The normalized spacial score (nSPS) is 13.2. The first-order valence-electron chi connectivity index (χ1n) is 6.99. The zero-order valence-corrected chi connectivity index (χ0v) is 12.0. The number of rotatable bonds is 8. The van der Waals surface area contributed by atoms with Gasteiger partial charge in [-0.1, -0.05) is 44.7 Å². The van der Waals surface area contributed by atoms with Crippen LogP contribution < -0.4 is 10.1 Å². The van der Waals surface area contributed by atoms with Gasteiger partial charge >= 0.3 is 6.36 Å². The largest absolute Gasteiger partial charge is 0.573 e. The zero-order chi connectivity index (χ0) is 15.0. The second kappa shape index (κ2) is 8.15. The summed E-state index contributed by atoms with van der Waals surface area (Å²) in [5.41, 5.74) is 0.985. The van der Waals surface area contributed by atoms with E-state index in [4.69, 9.17) is 0 Å². The van der Waals surface area contributed by atoms with Crippen molar-refractivity contribution in [3.05, 3.63) is 29.8 Å². The Morgan fingerprint density at radius 2 is 1.75 bits per heavy atom. The highest BCUT2D eigenvalue weighted by molar-refractivity contribution is 5.29. The predicted molar refractivity (Wildman–Crippen MR) is 73.7 cm³/mol. The van der Waals surface area contributed by atoms with E-state index in [2.05, 4.69) is 17.0 Å². The van der Waals surface area contributed by atoms with Gasteiger partial charge in [-0.25, -0.2) is 0 Å². The van der Waals surface area contributed by atoms with Crippen molar-refractivity contribution in [1.82, 2.24) is 5.32 Å². The highest BCUT2D eigenvalue weighted by Gasteiger charge is 2.31. The van der Waals surface area contributed by atoms with Crippen molar-refractivity contribution in [2.24, 2.45) is 0 Å². The van der Waals surface area contributed by atoms with Crippen molar-refractivity contribution in [1.29, 1.82) is 0 Å². The van der Waals surface area contributed by atoms with Crippen LogP contribution >= 0.6 is 0 Å². The molecule has 1 unspecified atom stereocenters. The summed E-state index contributed by atoms with van der Waals surface area (Å²) in [6, 6.07) is 6.26. The Balaban J connectivity index is 2.56. The van der Waals surface area contributed by atoms with E-state index in [-0.39, 0.29) is 11.8 Å². The van der Waals surface area contributed by atoms with Gasteiger partial charge in [-0.3, -0.25) is 0 Å². The SMILES string of the molecule is CCCCCCC(NC)c1ccc(OC(F)(F)F)cc1. The van der Waals surface area contributed by atoms with Gasteiger partial charge in [0.15, 0.2) is 0 Å². The number of unbranched alkanes of at least 4 members (excludes halogenated alkanes) is 3. The summed E-state index contributed by atoms with van der Waals surface area (Å²) >= 11 is 0. The molecule has 0 aliphatic rings. The maximum absolute atomic E-state index is 12.1. The Hall–Kier alpha value is -1.23. The maximum atomic E-state index is 12.1. The molecule has 1 atom stereocenters. The van der Waals surface area contributed by atoms with E-state index < -0.39 is 6.36 Å². The van der Waals surface area contributed by atoms with Crippen molar-refractivity contribution in [2.45, 2.75) is 51.4 Å². The van der Waals surface area contributed by atoms with Crippen molar-refractivity contribution in [2.75, 3.05) is 7.05 Å². The van der Waals surface area contributed by atoms with Crippen molar-refractivity contribution in [3.8, 4) is 5.75 Å². The van der Waals surface area contributed by atoms with E-state index in [9.17, 15) is 13.2 Å². The molecular weight excluding hydrogens is 267 g/mol. The fourth-order valence-electron chi connectivity index (χ4n) is 2.15. The van der Waals surface area contributed by atoms with Crippen molar-refractivity contribution >= 4 is 0 Å². The molecule has 0 radical (unpaired) electrons. The average molecular weight is 289 g/mol. The number of nitrogens with one attached hydrogen (secondary N) is 1. The monoisotopic (exact) mass is 289 g/mol. The van der Waals surface area contributed by atoms with Gasteiger partial charge in [0.25, 0.3) is 0 Å². The smallest absolute Gasteiger partial charge is 0.406 e. The minimum absolute atomic E-state index is 0.173. The van der Waals surface area contributed by atoms with E-state index in [0.29, 0.717) is 0 Å². The topological polar surface area (TPSA) is 21.3 Å². The van der Waals surface area contributed by atoms with Crippen LogP contribution in [0.2, 0.25) is 0 Å². The first kappa shape index (κ1) is 16.8. The van der Waals surface area contributed by atoms with Gasteiger partial charge in [0.05, 0.1) is 0 Å². The molecule has 1 N–H and O–H groups in total. The molecule has 20 heavy (non-hydrogen) atoms. The minimum atomic E-state index is -4.63. The molecule has 0 heterocycles. The number of hydrogen-bond donors (Lipinski definition) is 1. The van der Waals surface area contributed by atoms with Crippen LogP contribution in [0.15, 0.2) is 24.3 Å². The number of ether oxygens (including phenoxy) is 1. The number of alkyl halides is 3. The summed E-state index contributed by atoms with van der Waals surface area (Å²) in [7, 11) is 1.87. The molecule has 0 aliphatic carbocycles. The number of hydrogen-bond acceptors (Lipinski definition) is 2. The highest BCUT2D eigenvalue weighted by Crippen LogP contribution is 2.26. The van der Waals surface area contributed by atoms with Crippen molar-refractivity contribution in [3.63, 3.8) is 0 Å². The molecule has 0 spiro atoms. The molecule has 0 fully saturated rings. The molecule has 0 aliphatic heterocycles. The van der Waals surface area contributed by atoms with E-state index in [1.54, 1.807) is 12.1 Å². The lowest BCUT2D eigenvalue weighted by Gasteiger charge is -2.17. The summed E-state index contributed by atoms with van der Waals surface area (Å²) in [6.45, 7) is 2.16. The second-order valence-corrected chi connectivity index (χ2v) is 4.81. The average Bonchev–Trinajstić information content (AvgIpc) is 2.38. The summed E-state index contributed by atoms with van der Waals surface area (Å²) in [4.78, 5) is 0. The molecule has 0 saturated carbocycles. The van der Waals surface area contributed by atoms with Crippen LogP contribution in [0.4, 0.5) is 13.2 Å². The van der Waals surface area contributed by atoms with E-state index in [1.165, 1.54) is 31.4 Å². The Kier molecular flexibility index (Phi) is 6.85. The quantitative estimate of drug-likeness (QED) is 0.693. The number of benzene rings is 1. The molecule has 1 aromatic carbocycles. The summed E-state index contributed by atoms with van der Waals surface area (Å²) in [5, 5.41) is 3.20. The molecule has 5 heteroatoms. The first-order chi connectivity index (χ1) is 9.46. The summed E-state index contributed by atoms with van der Waals surface area (Å²) < 4.78 is 40.1. The Labute approximate surface area is 118 Å². The molecule has 0 amide bonds. The molecule has 1 aromatic rings.